The molecule has 0 spiro atoms. The van der Waals surface area contributed by atoms with Gasteiger partial charge in [0.05, 0.1) is 20.6 Å². The van der Waals surface area contributed by atoms with Crippen molar-refractivity contribution in [1.82, 2.24) is 4.98 Å². The summed E-state index contributed by atoms with van der Waals surface area (Å²) in [5.74, 6) is 0. The summed E-state index contributed by atoms with van der Waals surface area (Å²) in [5.41, 5.74) is 1.00. The highest BCUT2D eigenvalue weighted by atomic mass is 35.5. The highest BCUT2D eigenvalue weighted by molar-refractivity contribution is 7.93. The van der Waals surface area contributed by atoms with Gasteiger partial charge in [-0.05, 0) is 37.5 Å². The summed E-state index contributed by atoms with van der Waals surface area (Å²) < 4.78 is 27.0. The van der Waals surface area contributed by atoms with E-state index in [9.17, 15) is 8.42 Å². The van der Waals surface area contributed by atoms with Crippen LogP contribution in [0.4, 0.5) is 5.13 Å². The van der Waals surface area contributed by atoms with Gasteiger partial charge in [-0.1, -0.05) is 23.2 Å². The fourth-order valence-corrected chi connectivity index (χ4v) is 4.73. The minimum absolute atomic E-state index is 0.0715. The summed E-state index contributed by atoms with van der Waals surface area (Å²) in [6, 6.07) is 4.20. The molecule has 4 nitrogen and oxygen atoms in total. The van der Waals surface area contributed by atoms with E-state index < -0.39 is 10.0 Å². The summed E-state index contributed by atoms with van der Waals surface area (Å²) in [6.07, 6.45) is 2.98. The molecule has 1 aromatic carbocycles. The molecule has 1 N–H and O–H groups in total. The van der Waals surface area contributed by atoms with Gasteiger partial charge in [-0.3, -0.25) is 4.72 Å². The number of nitrogens with one attached hydrogen (secondary N) is 1. The summed E-state index contributed by atoms with van der Waals surface area (Å²) in [6.45, 7) is 0. The predicted molar refractivity (Wildman–Crippen MR) is 81.4 cm³/mol. The quantitative estimate of drug-likeness (QED) is 0.918. The van der Waals surface area contributed by atoms with Crippen molar-refractivity contribution in [2.45, 2.75) is 24.2 Å². The standard InChI is InChI=1S/C12H10Cl2N2O2S2/c13-8-5-4-7(6-9(8)14)20(17,18)16-12-15-10-2-1-3-11(10)19-12/h4-6H,1-3H2,(H,15,16). The maximum Gasteiger partial charge on any atom is 0.263 e. The summed E-state index contributed by atoms with van der Waals surface area (Å²) in [7, 11) is -3.69. The fourth-order valence-electron chi connectivity index (χ4n) is 2.05. The van der Waals surface area contributed by atoms with Crippen molar-refractivity contribution in [3.8, 4) is 0 Å². The van der Waals surface area contributed by atoms with Crippen molar-refractivity contribution in [2.24, 2.45) is 0 Å². The monoisotopic (exact) mass is 348 g/mol. The number of rotatable bonds is 3. The lowest BCUT2D eigenvalue weighted by Gasteiger charge is -2.06. The topological polar surface area (TPSA) is 59.1 Å². The SMILES string of the molecule is O=S(=O)(Nc1nc2c(s1)CCC2)c1ccc(Cl)c(Cl)c1. The molecule has 3 rings (SSSR count). The first kappa shape index (κ1) is 14.1. The van der Waals surface area contributed by atoms with Gasteiger partial charge in [-0.2, -0.15) is 0 Å². The Morgan fingerprint density at radius 3 is 2.70 bits per heavy atom. The lowest BCUT2D eigenvalue weighted by Crippen LogP contribution is -2.12. The molecule has 106 valence electrons. The molecule has 0 amide bonds. The van der Waals surface area contributed by atoms with Gasteiger partial charge >= 0.3 is 0 Å². The number of sulfonamides is 1. The number of benzene rings is 1. The van der Waals surface area contributed by atoms with Crippen LogP contribution in [0.3, 0.4) is 0 Å². The van der Waals surface area contributed by atoms with Crippen molar-refractivity contribution in [3.63, 3.8) is 0 Å². The Morgan fingerprint density at radius 2 is 2.00 bits per heavy atom. The van der Waals surface area contributed by atoms with Crippen LogP contribution >= 0.6 is 34.5 Å². The minimum Gasteiger partial charge on any atom is -0.255 e. The van der Waals surface area contributed by atoms with Crippen molar-refractivity contribution in [1.29, 1.82) is 0 Å². The van der Waals surface area contributed by atoms with E-state index in [2.05, 4.69) is 9.71 Å². The van der Waals surface area contributed by atoms with Gasteiger partial charge in [-0.15, -0.1) is 11.3 Å². The molecule has 0 aliphatic heterocycles. The van der Waals surface area contributed by atoms with Crippen molar-refractivity contribution in [3.05, 3.63) is 38.8 Å². The minimum atomic E-state index is -3.69. The van der Waals surface area contributed by atoms with Gasteiger partial charge in [-0.25, -0.2) is 13.4 Å². The molecular weight excluding hydrogens is 339 g/mol. The Balaban J connectivity index is 1.89. The molecule has 1 aromatic heterocycles. The van der Waals surface area contributed by atoms with Gasteiger partial charge < -0.3 is 0 Å². The third-order valence-corrected chi connectivity index (χ3v) is 6.30. The molecular formula is C12H10Cl2N2O2S2. The zero-order valence-electron chi connectivity index (χ0n) is 10.2. The van der Waals surface area contributed by atoms with Crippen molar-refractivity contribution in [2.75, 3.05) is 4.72 Å². The second kappa shape index (κ2) is 5.18. The normalized spacial score (nSPS) is 14.3. The first-order valence-corrected chi connectivity index (χ1v) is 8.98. The lowest BCUT2D eigenvalue weighted by molar-refractivity contribution is 0.601. The molecule has 0 fully saturated rings. The van der Waals surface area contributed by atoms with Gasteiger partial charge in [0.15, 0.2) is 5.13 Å². The van der Waals surface area contributed by atoms with E-state index in [-0.39, 0.29) is 9.92 Å². The van der Waals surface area contributed by atoms with Gasteiger partial charge in [0.25, 0.3) is 10.0 Å². The molecule has 0 atom stereocenters. The second-order valence-electron chi connectivity index (χ2n) is 4.42. The molecule has 1 heterocycles. The molecule has 1 aliphatic rings. The zero-order valence-corrected chi connectivity index (χ0v) is 13.3. The highest BCUT2D eigenvalue weighted by Crippen LogP contribution is 2.32. The highest BCUT2D eigenvalue weighted by Gasteiger charge is 2.21. The number of nitrogens with zero attached hydrogens (tertiary/aromatic N) is 1. The molecule has 2 aromatic rings. The zero-order chi connectivity index (χ0) is 14.3. The lowest BCUT2D eigenvalue weighted by atomic mass is 10.4. The number of halogens is 2. The van der Waals surface area contributed by atoms with E-state index >= 15 is 0 Å². The summed E-state index contributed by atoms with van der Waals surface area (Å²) in [5, 5.41) is 0.927. The average molecular weight is 349 g/mol. The number of hydrogen-bond donors (Lipinski definition) is 1. The molecule has 0 radical (unpaired) electrons. The molecule has 0 saturated heterocycles. The number of fused-ring (bicyclic) bond motifs is 1. The van der Waals surface area contributed by atoms with Gasteiger partial charge in [0.2, 0.25) is 0 Å². The predicted octanol–water partition coefficient (Wildman–Crippen LogP) is 3.74. The van der Waals surface area contributed by atoms with Crippen LogP contribution in [-0.4, -0.2) is 13.4 Å². The van der Waals surface area contributed by atoms with Crippen LogP contribution in [0.1, 0.15) is 17.0 Å². The smallest absolute Gasteiger partial charge is 0.255 e. The Labute approximate surface area is 130 Å². The number of anilines is 1. The molecule has 1 aliphatic carbocycles. The number of aromatic nitrogens is 1. The molecule has 0 unspecified atom stereocenters. The maximum absolute atomic E-state index is 12.2. The molecule has 20 heavy (non-hydrogen) atoms. The summed E-state index contributed by atoms with van der Waals surface area (Å²) in [4.78, 5) is 5.55. The van der Waals surface area contributed by atoms with E-state index in [4.69, 9.17) is 23.2 Å². The van der Waals surface area contributed by atoms with Crippen molar-refractivity contribution < 1.29 is 8.42 Å². The Bertz CT molecular complexity index is 750. The third-order valence-electron chi connectivity index (χ3n) is 3.02. The van der Waals surface area contributed by atoms with E-state index in [0.29, 0.717) is 10.2 Å². The van der Waals surface area contributed by atoms with Gasteiger partial charge in [0, 0.05) is 4.88 Å². The number of aryl methyl sites for hydroxylation is 2. The van der Waals surface area contributed by atoms with E-state index in [1.165, 1.54) is 29.5 Å². The van der Waals surface area contributed by atoms with E-state index in [0.717, 1.165) is 29.8 Å². The molecule has 0 bridgehead atoms. The molecule has 0 saturated carbocycles. The van der Waals surface area contributed by atoms with Crippen LogP contribution in [0.5, 0.6) is 0 Å². The Morgan fingerprint density at radius 1 is 1.20 bits per heavy atom. The van der Waals surface area contributed by atoms with Crippen LogP contribution in [0, 0.1) is 0 Å². The fraction of sp³-hybridized carbons (Fsp3) is 0.250. The van der Waals surface area contributed by atoms with Crippen LogP contribution in [0.25, 0.3) is 0 Å². The largest absolute Gasteiger partial charge is 0.263 e. The van der Waals surface area contributed by atoms with Gasteiger partial charge in [0.1, 0.15) is 0 Å². The Hall–Kier alpha value is -0.820. The number of hydrogen-bond acceptors (Lipinski definition) is 4. The van der Waals surface area contributed by atoms with Crippen LogP contribution in [0.15, 0.2) is 23.1 Å². The molecule has 8 heteroatoms. The van der Waals surface area contributed by atoms with E-state index in [1.54, 1.807) is 0 Å². The van der Waals surface area contributed by atoms with E-state index in [1.807, 2.05) is 0 Å². The first-order valence-electron chi connectivity index (χ1n) is 5.92. The number of thiazole rings is 1. The van der Waals surface area contributed by atoms with Crippen LogP contribution in [-0.2, 0) is 22.9 Å². The first-order chi connectivity index (χ1) is 9.45. The van der Waals surface area contributed by atoms with Crippen LogP contribution < -0.4 is 4.72 Å². The maximum atomic E-state index is 12.2. The second-order valence-corrected chi connectivity index (χ2v) is 8.00. The Kier molecular flexibility index (Phi) is 3.66. The van der Waals surface area contributed by atoms with Crippen molar-refractivity contribution >= 4 is 49.7 Å². The third kappa shape index (κ3) is 2.65. The average Bonchev–Trinajstić information content (AvgIpc) is 2.92. The summed E-state index contributed by atoms with van der Waals surface area (Å²) >= 11 is 13.0. The van der Waals surface area contributed by atoms with Crippen LogP contribution in [0.2, 0.25) is 10.0 Å².